The maximum atomic E-state index is 12.2. The molecule has 7 nitrogen and oxygen atoms in total. The van der Waals surface area contributed by atoms with E-state index in [1.54, 1.807) is 0 Å². The summed E-state index contributed by atoms with van der Waals surface area (Å²) in [4.78, 5) is 18.3. The third-order valence-corrected chi connectivity index (χ3v) is 4.46. The topological polar surface area (TPSA) is 88.5 Å². The Morgan fingerprint density at radius 3 is 2.78 bits per heavy atom. The van der Waals surface area contributed by atoms with Crippen LogP contribution >= 0.6 is 0 Å². The van der Waals surface area contributed by atoms with Crippen molar-refractivity contribution in [3.8, 4) is 0 Å². The standard InChI is InChI=1S/C16H28N6O/c1-10(2)7-18-16(17)19-8-12-6-14(23)21(4)15(12)13-9-20-22(5)11(13)3/h9-10,12,15H,6-8H2,1-5H3,(H3,17,18,19)/t12-,15+/m0/s1. The van der Waals surface area contributed by atoms with E-state index in [1.165, 1.54) is 0 Å². The molecule has 2 heterocycles. The maximum absolute atomic E-state index is 12.2. The molecule has 0 bridgehead atoms. The Labute approximate surface area is 137 Å². The van der Waals surface area contributed by atoms with Gasteiger partial charge in [-0.1, -0.05) is 13.8 Å². The fourth-order valence-electron chi connectivity index (χ4n) is 2.98. The highest BCUT2D eigenvalue weighted by Crippen LogP contribution is 2.37. The Morgan fingerprint density at radius 2 is 2.22 bits per heavy atom. The van der Waals surface area contributed by atoms with Gasteiger partial charge in [0.1, 0.15) is 0 Å². The summed E-state index contributed by atoms with van der Waals surface area (Å²) in [6.07, 6.45) is 2.37. The predicted molar refractivity (Wildman–Crippen MR) is 90.9 cm³/mol. The van der Waals surface area contributed by atoms with Gasteiger partial charge in [-0.15, -0.1) is 0 Å². The van der Waals surface area contributed by atoms with Gasteiger partial charge in [0.05, 0.1) is 12.2 Å². The number of amides is 1. The van der Waals surface area contributed by atoms with Gasteiger partial charge in [0.25, 0.3) is 0 Å². The molecule has 3 N–H and O–H groups in total. The molecule has 1 saturated heterocycles. The summed E-state index contributed by atoms with van der Waals surface area (Å²) in [5.74, 6) is 1.23. The molecule has 128 valence electrons. The van der Waals surface area contributed by atoms with Crippen molar-refractivity contribution in [1.29, 1.82) is 0 Å². The lowest BCUT2D eigenvalue weighted by Crippen LogP contribution is -2.37. The predicted octanol–water partition coefficient (Wildman–Crippen LogP) is 0.808. The monoisotopic (exact) mass is 320 g/mol. The van der Waals surface area contributed by atoms with E-state index < -0.39 is 0 Å². The molecule has 0 spiro atoms. The highest BCUT2D eigenvalue weighted by atomic mass is 16.2. The van der Waals surface area contributed by atoms with Gasteiger partial charge in [0.15, 0.2) is 5.96 Å². The number of hydrogen-bond donors (Lipinski definition) is 2. The highest BCUT2D eigenvalue weighted by Gasteiger charge is 2.39. The van der Waals surface area contributed by atoms with E-state index in [0.29, 0.717) is 31.4 Å². The molecule has 0 aromatic carbocycles. The minimum absolute atomic E-state index is 0.0293. The van der Waals surface area contributed by atoms with Crippen LogP contribution in [0.5, 0.6) is 0 Å². The van der Waals surface area contributed by atoms with E-state index in [-0.39, 0.29) is 17.9 Å². The van der Waals surface area contributed by atoms with Gasteiger partial charge in [0.2, 0.25) is 5.91 Å². The lowest BCUT2D eigenvalue weighted by Gasteiger charge is -2.25. The molecule has 2 rings (SSSR count). The number of rotatable bonds is 5. The van der Waals surface area contributed by atoms with Crippen molar-refractivity contribution in [1.82, 2.24) is 20.0 Å². The first-order valence-electron chi connectivity index (χ1n) is 8.09. The molecular formula is C16H28N6O. The summed E-state index contributed by atoms with van der Waals surface area (Å²) >= 11 is 0. The quantitative estimate of drug-likeness (QED) is 0.621. The summed E-state index contributed by atoms with van der Waals surface area (Å²) in [7, 11) is 3.77. The van der Waals surface area contributed by atoms with Crippen molar-refractivity contribution < 1.29 is 4.79 Å². The molecule has 1 aliphatic heterocycles. The first kappa shape index (κ1) is 17.3. The molecule has 1 aromatic heterocycles. The van der Waals surface area contributed by atoms with E-state index in [0.717, 1.165) is 11.3 Å². The lowest BCUT2D eigenvalue weighted by atomic mass is 9.94. The molecule has 1 fully saturated rings. The molecule has 7 heteroatoms. The van der Waals surface area contributed by atoms with Crippen LogP contribution in [0.3, 0.4) is 0 Å². The first-order valence-corrected chi connectivity index (χ1v) is 8.09. The fourth-order valence-corrected chi connectivity index (χ4v) is 2.98. The van der Waals surface area contributed by atoms with Gasteiger partial charge in [-0.05, 0) is 12.8 Å². The Hall–Kier alpha value is -2.05. The van der Waals surface area contributed by atoms with E-state index in [9.17, 15) is 4.79 Å². The fraction of sp³-hybridized carbons (Fsp3) is 0.688. The zero-order chi connectivity index (χ0) is 17.1. The molecule has 1 amide bonds. The first-order chi connectivity index (χ1) is 10.8. The minimum Gasteiger partial charge on any atom is -0.370 e. The third kappa shape index (κ3) is 3.83. The second-order valence-electron chi connectivity index (χ2n) is 6.72. The van der Waals surface area contributed by atoms with Gasteiger partial charge >= 0.3 is 0 Å². The Morgan fingerprint density at radius 1 is 1.52 bits per heavy atom. The summed E-state index contributed by atoms with van der Waals surface area (Å²) in [6.45, 7) is 7.56. The second kappa shape index (κ2) is 7.02. The summed E-state index contributed by atoms with van der Waals surface area (Å²) < 4.78 is 1.84. The number of carbonyl (C=O) groups excluding carboxylic acids is 1. The zero-order valence-corrected chi connectivity index (χ0v) is 14.7. The van der Waals surface area contributed by atoms with Crippen LogP contribution in [0, 0.1) is 18.8 Å². The van der Waals surface area contributed by atoms with E-state index in [1.807, 2.05) is 36.8 Å². The number of carbonyl (C=O) groups is 1. The molecule has 1 aliphatic rings. The van der Waals surface area contributed by atoms with Crippen LogP contribution < -0.4 is 11.1 Å². The van der Waals surface area contributed by atoms with Crippen LogP contribution in [-0.2, 0) is 11.8 Å². The molecule has 0 unspecified atom stereocenters. The third-order valence-electron chi connectivity index (χ3n) is 4.46. The Balaban J connectivity index is 2.09. The average molecular weight is 320 g/mol. The average Bonchev–Trinajstić information content (AvgIpc) is 2.96. The molecule has 0 radical (unpaired) electrons. The number of likely N-dealkylation sites (tertiary alicyclic amines) is 1. The number of hydrogen-bond acceptors (Lipinski definition) is 3. The van der Waals surface area contributed by atoms with Gasteiger partial charge < -0.3 is 16.0 Å². The summed E-state index contributed by atoms with van der Waals surface area (Å²) in [5.41, 5.74) is 8.10. The normalized spacial score (nSPS) is 22.3. The Bertz CT molecular complexity index is 591. The zero-order valence-electron chi connectivity index (χ0n) is 14.7. The number of aliphatic imine (C=N–C) groups is 1. The molecular weight excluding hydrogens is 292 g/mol. The molecule has 1 aromatic rings. The summed E-state index contributed by atoms with van der Waals surface area (Å²) in [5, 5.41) is 7.48. The largest absolute Gasteiger partial charge is 0.370 e. The number of aromatic nitrogens is 2. The van der Waals surface area contributed by atoms with Gasteiger partial charge in [-0.2, -0.15) is 5.10 Å². The Kier molecular flexibility index (Phi) is 5.28. The number of nitrogens with two attached hydrogens (primary N) is 1. The smallest absolute Gasteiger partial charge is 0.223 e. The SMILES string of the molecule is Cc1c([C@H]2[C@H](CNC(N)=NCC(C)C)CC(=O)N2C)cnn1C. The number of nitrogens with one attached hydrogen (secondary N) is 1. The van der Waals surface area contributed by atoms with Crippen LogP contribution in [0.2, 0.25) is 0 Å². The highest BCUT2D eigenvalue weighted by molar-refractivity contribution is 5.80. The molecule has 23 heavy (non-hydrogen) atoms. The van der Waals surface area contributed by atoms with Crippen LogP contribution in [0.1, 0.15) is 37.6 Å². The number of aryl methyl sites for hydroxylation is 1. The number of nitrogens with zero attached hydrogens (tertiary/aromatic N) is 4. The van der Waals surface area contributed by atoms with Crippen LogP contribution in [-0.4, -0.2) is 46.7 Å². The van der Waals surface area contributed by atoms with Gasteiger partial charge in [-0.25, -0.2) is 0 Å². The van der Waals surface area contributed by atoms with Crippen molar-refractivity contribution in [3.63, 3.8) is 0 Å². The molecule has 2 atom stereocenters. The molecule has 0 saturated carbocycles. The molecule has 0 aliphatic carbocycles. The second-order valence-corrected chi connectivity index (χ2v) is 6.72. The van der Waals surface area contributed by atoms with Crippen molar-refractivity contribution in [2.24, 2.45) is 29.6 Å². The van der Waals surface area contributed by atoms with Gasteiger partial charge in [0, 0.05) is 50.8 Å². The lowest BCUT2D eigenvalue weighted by molar-refractivity contribution is -0.127. The van der Waals surface area contributed by atoms with E-state index in [4.69, 9.17) is 5.73 Å². The van der Waals surface area contributed by atoms with Crippen molar-refractivity contribution in [3.05, 3.63) is 17.5 Å². The van der Waals surface area contributed by atoms with Crippen molar-refractivity contribution in [2.45, 2.75) is 33.2 Å². The minimum atomic E-state index is 0.0293. The maximum Gasteiger partial charge on any atom is 0.223 e. The van der Waals surface area contributed by atoms with Crippen LogP contribution in [0.25, 0.3) is 0 Å². The van der Waals surface area contributed by atoms with Crippen molar-refractivity contribution >= 4 is 11.9 Å². The summed E-state index contributed by atoms with van der Waals surface area (Å²) in [6, 6.07) is 0.0293. The van der Waals surface area contributed by atoms with E-state index in [2.05, 4.69) is 29.3 Å². The number of guanidine groups is 1. The van der Waals surface area contributed by atoms with E-state index >= 15 is 0 Å². The van der Waals surface area contributed by atoms with Gasteiger partial charge in [-0.3, -0.25) is 14.5 Å². The van der Waals surface area contributed by atoms with Crippen molar-refractivity contribution in [2.75, 3.05) is 20.1 Å². The van der Waals surface area contributed by atoms with Crippen LogP contribution in [0.15, 0.2) is 11.2 Å². The van der Waals surface area contributed by atoms with Crippen LogP contribution in [0.4, 0.5) is 0 Å².